The fourth-order valence-electron chi connectivity index (χ4n) is 1.60. The summed E-state index contributed by atoms with van der Waals surface area (Å²) < 4.78 is 0. The summed E-state index contributed by atoms with van der Waals surface area (Å²) in [5.41, 5.74) is 2.63. The van der Waals surface area contributed by atoms with Gasteiger partial charge in [0.15, 0.2) is 0 Å². The second-order valence-corrected chi connectivity index (χ2v) is 5.19. The normalized spacial score (nSPS) is 11.9. The van der Waals surface area contributed by atoms with Gasteiger partial charge in [-0.1, -0.05) is 13.3 Å². The number of carbonyl (C=O) groups excluding carboxylic acids is 1. The van der Waals surface area contributed by atoms with Gasteiger partial charge < -0.3 is 15.7 Å². The molecule has 6 nitrogen and oxygen atoms in total. The lowest BCUT2D eigenvalue weighted by molar-refractivity contribution is -0.141. The molecule has 0 spiro atoms. The highest BCUT2D eigenvalue weighted by Gasteiger charge is 2.17. The number of aryl methyl sites for hydroxylation is 1. The molecule has 1 heterocycles. The smallest absolute Gasteiger partial charge is 0.315 e. The second-order valence-electron chi connectivity index (χ2n) is 4.25. The Bertz CT molecular complexity index is 434. The molecular weight excluding hydrogens is 266 g/mol. The van der Waals surface area contributed by atoms with Gasteiger partial charge in [0.25, 0.3) is 0 Å². The van der Waals surface area contributed by atoms with E-state index < -0.39 is 11.9 Å². The number of carboxylic acids is 1. The monoisotopic (exact) mass is 285 g/mol. The van der Waals surface area contributed by atoms with Crippen molar-refractivity contribution >= 4 is 23.3 Å². The van der Waals surface area contributed by atoms with Crippen LogP contribution in [0.15, 0.2) is 5.51 Å². The van der Waals surface area contributed by atoms with Crippen molar-refractivity contribution in [1.82, 2.24) is 15.6 Å². The summed E-state index contributed by atoms with van der Waals surface area (Å²) in [5, 5.41) is 14.2. The predicted octanol–water partition coefficient (Wildman–Crippen LogP) is 1.75. The highest BCUT2D eigenvalue weighted by molar-refractivity contribution is 7.09. The van der Waals surface area contributed by atoms with Gasteiger partial charge in [0.1, 0.15) is 0 Å². The van der Waals surface area contributed by atoms with Gasteiger partial charge in [0.2, 0.25) is 0 Å². The minimum absolute atomic E-state index is 0.149. The molecule has 106 valence electrons. The standard InChI is InChI=1S/C12H19N3O3S/c1-3-4-9(11(16)17)5-13-12(18)14-6-10-8(2)15-7-19-10/h7,9H,3-6H2,1-2H3,(H,16,17)(H2,13,14,18). The van der Waals surface area contributed by atoms with E-state index in [1.165, 1.54) is 11.3 Å². The molecule has 1 unspecified atom stereocenters. The summed E-state index contributed by atoms with van der Waals surface area (Å²) in [7, 11) is 0. The van der Waals surface area contributed by atoms with Crippen molar-refractivity contribution in [2.75, 3.05) is 6.54 Å². The summed E-state index contributed by atoms with van der Waals surface area (Å²) in [6.07, 6.45) is 1.34. The third-order valence-corrected chi connectivity index (χ3v) is 3.68. The van der Waals surface area contributed by atoms with Crippen molar-refractivity contribution in [2.45, 2.75) is 33.2 Å². The van der Waals surface area contributed by atoms with E-state index in [4.69, 9.17) is 5.11 Å². The zero-order chi connectivity index (χ0) is 14.3. The molecule has 2 amide bonds. The van der Waals surface area contributed by atoms with Gasteiger partial charge in [-0.05, 0) is 13.3 Å². The van der Waals surface area contributed by atoms with Gasteiger partial charge in [0, 0.05) is 11.4 Å². The SMILES string of the molecule is CCCC(CNC(=O)NCc1scnc1C)C(=O)O. The molecular formula is C12H19N3O3S. The molecule has 0 fully saturated rings. The molecule has 3 N–H and O–H groups in total. The first-order valence-electron chi connectivity index (χ1n) is 6.18. The lowest BCUT2D eigenvalue weighted by Gasteiger charge is -2.12. The molecule has 19 heavy (non-hydrogen) atoms. The van der Waals surface area contributed by atoms with Crippen molar-refractivity contribution in [2.24, 2.45) is 5.92 Å². The first-order valence-corrected chi connectivity index (χ1v) is 7.06. The van der Waals surface area contributed by atoms with Gasteiger partial charge in [-0.2, -0.15) is 0 Å². The largest absolute Gasteiger partial charge is 0.481 e. The van der Waals surface area contributed by atoms with Crippen LogP contribution >= 0.6 is 11.3 Å². The summed E-state index contributed by atoms with van der Waals surface area (Å²) in [5.74, 6) is -1.40. The Morgan fingerprint density at radius 1 is 1.47 bits per heavy atom. The number of carboxylic acid groups (broad SMARTS) is 1. The Kier molecular flexibility index (Phi) is 6.27. The lowest BCUT2D eigenvalue weighted by atomic mass is 10.0. The van der Waals surface area contributed by atoms with Crippen molar-refractivity contribution in [3.63, 3.8) is 0 Å². The fraction of sp³-hybridized carbons (Fsp3) is 0.583. The van der Waals surface area contributed by atoms with Crippen molar-refractivity contribution in [3.8, 4) is 0 Å². The second kappa shape index (κ2) is 7.73. The number of aromatic nitrogens is 1. The van der Waals surface area contributed by atoms with E-state index in [0.29, 0.717) is 13.0 Å². The number of carbonyl (C=O) groups is 2. The highest BCUT2D eigenvalue weighted by atomic mass is 32.1. The van der Waals surface area contributed by atoms with E-state index in [-0.39, 0.29) is 12.6 Å². The Morgan fingerprint density at radius 3 is 2.74 bits per heavy atom. The van der Waals surface area contributed by atoms with Crippen LogP contribution in [0.5, 0.6) is 0 Å². The number of rotatable bonds is 7. The Hall–Kier alpha value is -1.63. The van der Waals surface area contributed by atoms with Crippen LogP contribution < -0.4 is 10.6 Å². The minimum Gasteiger partial charge on any atom is -0.481 e. The third kappa shape index (κ3) is 5.25. The maximum atomic E-state index is 11.5. The number of hydrogen-bond donors (Lipinski definition) is 3. The molecule has 1 aromatic rings. The molecule has 1 atom stereocenters. The fourth-order valence-corrected chi connectivity index (χ4v) is 2.31. The van der Waals surface area contributed by atoms with E-state index in [1.54, 1.807) is 5.51 Å². The molecule has 1 rings (SSSR count). The average Bonchev–Trinajstić information content (AvgIpc) is 2.77. The van der Waals surface area contributed by atoms with Gasteiger partial charge in [0.05, 0.1) is 23.7 Å². The number of aliphatic carboxylic acids is 1. The molecule has 0 aliphatic carbocycles. The maximum absolute atomic E-state index is 11.5. The summed E-state index contributed by atoms with van der Waals surface area (Å²) in [6.45, 7) is 4.36. The molecule has 0 aliphatic heterocycles. The summed E-state index contributed by atoms with van der Waals surface area (Å²) >= 11 is 1.48. The molecule has 0 bridgehead atoms. The van der Waals surface area contributed by atoms with Crippen molar-refractivity contribution < 1.29 is 14.7 Å². The summed E-state index contributed by atoms with van der Waals surface area (Å²) in [6, 6.07) is -0.352. The Balaban J connectivity index is 2.31. The van der Waals surface area contributed by atoms with E-state index >= 15 is 0 Å². The van der Waals surface area contributed by atoms with E-state index in [0.717, 1.165) is 17.0 Å². The van der Waals surface area contributed by atoms with E-state index in [2.05, 4.69) is 15.6 Å². The molecule has 7 heteroatoms. The van der Waals surface area contributed by atoms with Crippen molar-refractivity contribution in [3.05, 3.63) is 16.1 Å². The molecule has 0 aromatic carbocycles. The number of amides is 2. The van der Waals surface area contributed by atoms with Crippen LogP contribution in [0.1, 0.15) is 30.3 Å². The van der Waals surface area contributed by atoms with Crippen LogP contribution in [-0.4, -0.2) is 28.6 Å². The number of nitrogens with one attached hydrogen (secondary N) is 2. The Labute approximate surface area is 116 Å². The minimum atomic E-state index is -0.875. The first kappa shape index (κ1) is 15.4. The number of nitrogens with zero attached hydrogens (tertiary/aromatic N) is 1. The predicted molar refractivity (Wildman–Crippen MR) is 73.1 cm³/mol. The molecule has 0 saturated heterocycles. The topological polar surface area (TPSA) is 91.3 Å². The van der Waals surface area contributed by atoms with Gasteiger partial charge in [-0.3, -0.25) is 4.79 Å². The van der Waals surface area contributed by atoms with Crippen LogP contribution in [-0.2, 0) is 11.3 Å². The number of urea groups is 1. The average molecular weight is 285 g/mol. The highest BCUT2D eigenvalue weighted by Crippen LogP contribution is 2.11. The van der Waals surface area contributed by atoms with Crippen LogP contribution in [0, 0.1) is 12.8 Å². The zero-order valence-electron chi connectivity index (χ0n) is 11.1. The quantitative estimate of drug-likeness (QED) is 0.711. The van der Waals surface area contributed by atoms with Crippen LogP contribution in [0.4, 0.5) is 4.79 Å². The van der Waals surface area contributed by atoms with Crippen LogP contribution in [0.25, 0.3) is 0 Å². The molecule has 0 saturated carbocycles. The molecule has 0 aliphatic rings. The Morgan fingerprint density at radius 2 is 2.21 bits per heavy atom. The first-order chi connectivity index (χ1) is 9.04. The van der Waals surface area contributed by atoms with Gasteiger partial charge in [-0.25, -0.2) is 9.78 Å². The lowest BCUT2D eigenvalue weighted by Crippen LogP contribution is -2.39. The van der Waals surface area contributed by atoms with Crippen LogP contribution in [0.2, 0.25) is 0 Å². The summed E-state index contributed by atoms with van der Waals surface area (Å²) in [4.78, 5) is 27.5. The van der Waals surface area contributed by atoms with Gasteiger partial charge >= 0.3 is 12.0 Å². The number of thiazole rings is 1. The molecule has 1 aromatic heterocycles. The third-order valence-electron chi connectivity index (χ3n) is 2.75. The maximum Gasteiger partial charge on any atom is 0.315 e. The van der Waals surface area contributed by atoms with Crippen LogP contribution in [0.3, 0.4) is 0 Å². The van der Waals surface area contributed by atoms with Gasteiger partial charge in [-0.15, -0.1) is 11.3 Å². The van der Waals surface area contributed by atoms with E-state index in [1.807, 2.05) is 13.8 Å². The zero-order valence-corrected chi connectivity index (χ0v) is 11.9. The van der Waals surface area contributed by atoms with E-state index in [9.17, 15) is 9.59 Å². The number of hydrogen-bond acceptors (Lipinski definition) is 4. The molecule has 0 radical (unpaired) electrons. The van der Waals surface area contributed by atoms with Crippen molar-refractivity contribution in [1.29, 1.82) is 0 Å².